The maximum atomic E-state index is 2.59. The maximum absolute atomic E-state index is 2.59. The van der Waals surface area contributed by atoms with Gasteiger partial charge in [-0.05, 0) is 84.0 Å². The molecule has 0 nitrogen and oxygen atoms in total. The summed E-state index contributed by atoms with van der Waals surface area (Å²) >= 11 is 7.93. The monoisotopic (exact) mass is 682 g/mol. The summed E-state index contributed by atoms with van der Waals surface area (Å²) in [4.78, 5) is 0. The molecule has 0 aliphatic heterocycles. The summed E-state index contributed by atoms with van der Waals surface area (Å²) in [7, 11) is 0. The van der Waals surface area contributed by atoms with E-state index >= 15 is 0 Å². The van der Waals surface area contributed by atoms with E-state index in [-0.39, 0.29) is 0 Å². The van der Waals surface area contributed by atoms with Crippen LogP contribution in [0.25, 0.3) is 60.5 Å². The molecule has 0 aliphatic rings. The van der Waals surface area contributed by atoms with Gasteiger partial charge in [-0.3, -0.25) is 0 Å². The third-order valence-electron chi connectivity index (χ3n) is 10.2. The molecule has 0 amide bonds. The van der Waals surface area contributed by atoms with Gasteiger partial charge in [-0.1, -0.05) is 104 Å². The Balaban J connectivity index is 1.21. The number of thiophene rings is 4. The SMILES string of the molecule is CCCCCCCCCCc1cc2sccc2c2sc3cc4c(cc3c12)sc1c2ccsc2cc(CCCCCCCCCC)c41. The van der Waals surface area contributed by atoms with E-state index in [4.69, 9.17) is 0 Å². The molecule has 0 aliphatic carbocycles. The van der Waals surface area contributed by atoms with Crippen LogP contribution in [-0.4, -0.2) is 0 Å². The van der Waals surface area contributed by atoms with Gasteiger partial charge in [0.2, 0.25) is 0 Å². The summed E-state index contributed by atoms with van der Waals surface area (Å²) < 4.78 is 8.92. The van der Waals surface area contributed by atoms with Crippen LogP contribution in [0.15, 0.2) is 47.2 Å². The molecule has 0 spiro atoms. The first kappa shape index (κ1) is 32.6. The fourth-order valence-corrected chi connectivity index (χ4v) is 12.1. The number of aryl methyl sites for hydroxylation is 2. The number of hydrogen-bond acceptors (Lipinski definition) is 4. The molecule has 0 atom stereocenters. The number of unbranched alkanes of at least 4 members (excludes halogenated alkanes) is 14. The second-order valence-corrected chi connectivity index (χ2v) is 17.6. The molecule has 4 heterocycles. The Hall–Kier alpha value is -1.98. The van der Waals surface area contributed by atoms with E-state index in [1.54, 1.807) is 21.9 Å². The van der Waals surface area contributed by atoms with Crippen molar-refractivity contribution in [2.45, 2.75) is 129 Å². The Morgan fingerprint density at radius 1 is 0.413 bits per heavy atom. The average molecular weight is 683 g/mol. The van der Waals surface area contributed by atoms with Gasteiger partial charge in [0.05, 0.1) is 0 Å². The van der Waals surface area contributed by atoms with Crippen LogP contribution >= 0.6 is 45.3 Å². The molecule has 4 aromatic heterocycles. The van der Waals surface area contributed by atoms with E-state index in [0.717, 1.165) is 0 Å². The van der Waals surface area contributed by atoms with Crippen LogP contribution in [0.3, 0.4) is 0 Å². The Kier molecular flexibility index (Phi) is 11.0. The van der Waals surface area contributed by atoms with E-state index in [1.807, 2.05) is 45.3 Å². The topological polar surface area (TPSA) is 0 Å². The average Bonchev–Trinajstić information content (AvgIpc) is 3.86. The van der Waals surface area contributed by atoms with E-state index in [9.17, 15) is 0 Å². The van der Waals surface area contributed by atoms with E-state index in [1.165, 1.54) is 165 Å². The molecule has 46 heavy (non-hydrogen) atoms. The summed E-state index contributed by atoms with van der Waals surface area (Å²) in [5.41, 5.74) is 3.16. The molecule has 0 unspecified atom stereocenters. The fraction of sp³-hybridized carbons (Fsp3) is 0.476. The second-order valence-electron chi connectivity index (χ2n) is 13.6. The molecule has 0 radical (unpaired) electrons. The first-order chi connectivity index (χ1) is 22.8. The van der Waals surface area contributed by atoms with Gasteiger partial charge in [0, 0.05) is 60.5 Å². The zero-order valence-electron chi connectivity index (χ0n) is 28.0. The highest BCUT2D eigenvalue weighted by Crippen LogP contribution is 2.48. The normalized spacial score (nSPS) is 12.4. The Morgan fingerprint density at radius 2 is 0.804 bits per heavy atom. The first-order valence-electron chi connectivity index (χ1n) is 18.4. The van der Waals surface area contributed by atoms with Crippen molar-refractivity contribution in [3.63, 3.8) is 0 Å². The smallest absolute Gasteiger partial charge is 0.0445 e. The third kappa shape index (κ3) is 6.79. The molecular formula is C42H50S4. The maximum Gasteiger partial charge on any atom is 0.0445 e. The van der Waals surface area contributed by atoms with E-state index in [0.29, 0.717) is 0 Å². The van der Waals surface area contributed by atoms with Crippen molar-refractivity contribution in [2.75, 3.05) is 0 Å². The van der Waals surface area contributed by atoms with Crippen molar-refractivity contribution in [2.24, 2.45) is 0 Å². The molecule has 4 heteroatoms. The van der Waals surface area contributed by atoms with E-state index in [2.05, 4.69) is 61.0 Å². The van der Waals surface area contributed by atoms with Crippen molar-refractivity contribution in [1.82, 2.24) is 0 Å². The zero-order valence-corrected chi connectivity index (χ0v) is 31.2. The lowest BCUT2D eigenvalue weighted by molar-refractivity contribution is 0.576. The molecule has 0 bridgehead atoms. The van der Waals surface area contributed by atoms with Gasteiger partial charge in [0.1, 0.15) is 0 Å². The highest BCUT2D eigenvalue weighted by atomic mass is 32.1. The molecule has 0 saturated carbocycles. The molecule has 0 saturated heterocycles. The summed E-state index contributed by atoms with van der Waals surface area (Å²) in [6.07, 6.45) is 24.4. The zero-order chi connectivity index (χ0) is 31.3. The van der Waals surface area contributed by atoms with Gasteiger partial charge in [0.25, 0.3) is 0 Å². The quantitative estimate of drug-likeness (QED) is 0.0790. The molecule has 242 valence electrons. The molecule has 7 rings (SSSR count). The lowest BCUT2D eigenvalue weighted by atomic mass is 9.97. The van der Waals surface area contributed by atoms with Gasteiger partial charge >= 0.3 is 0 Å². The molecule has 7 aromatic rings. The second kappa shape index (κ2) is 15.5. The van der Waals surface area contributed by atoms with E-state index < -0.39 is 0 Å². The van der Waals surface area contributed by atoms with Gasteiger partial charge in [-0.25, -0.2) is 0 Å². The van der Waals surface area contributed by atoms with Crippen molar-refractivity contribution in [1.29, 1.82) is 0 Å². The van der Waals surface area contributed by atoms with Gasteiger partial charge in [-0.15, -0.1) is 45.3 Å². The molecule has 0 N–H and O–H groups in total. The highest BCUT2D eigenvalue weighted by molar-refractivity contribution is 7.29. The van der Waals surface area contributed by atoms with Crippen LogP contribution in [0.1, 0.15) is 128 Å². The standard InChI is InChI=1S/C42H50S4/c1-3-5-7-9-11-13-15-17-19-29-25-35-31(21-23-43-35)41-39(29)33-27-38-34(28-37(33)45-41)40-30(20-18-16-14-12-10-8-6-4-2)26-36-32(22-24-44-36)42(40)46-38/h21-28H,3-20H2,1-2H3. The number of fused-ring (bicyclic) bond motifs is 10. The number of benzene rings is 3. The van der Waals surface area contributed by atoms with Crippen molar-refractivity contribution < 1.29 is 0 Å². The van der Waals surface area contributed by atoms with Crippen molar-refractivity contribution >= 4 is 106 Å². The molecule has 3 aromatic carbocycles. The minimum absolute atomic E-state index is 1.20. The van der Waals surface area contributed by atoms with Crippen LogP contribution in [0.4, 0.5) is 0 Å². The summed E-state index contributed by atoms with van der Waals surface area (Å²) in [6.45, 7) is 4.62. The van der Waals surface area contributed by atoms with Gasteiger partial charge in [0.15, 0.2) is 0 Å². The Labute approximate surface area is 291 Å². The first-order valence-corrected chi connectivity index (χ1v) is 21.8. The minimum atomic E-state index is 1.20. The summed E-state index contributed by atoms with van der Waals surface area (Å²) in [5.74, 6) is 0. The summed E-state index contributed by atoms with van der Waals surface area (Å²) in [6, 6.07) is 15.0. The van der Waals surface area contributed by atoms with Crippen LogP contribution in [0.5, 0.6) is 0 Å². The van der Waals surface area contributed by atoms with Crippen molar-refractivity contribution in [3.05, 3.63) is 58.3 Å². The van der Waals surface area contributed by atoms with Crippen molar-refractivity contribution in [3.8, 4) is 0 Å². The van der Waals surface area contributed by atoms with Crippen LogP contribution in [-0.2, 0) is 12.8 Å². The molecular weight excluding hydrogens is 633 g/mol. The largest absolute Gasteiger partial charge is 0.144 e. The Morgan fingerprint density at radius 3 is 1.22 bits per heavy atom. The fourth-order valence-electron chi connectivity index (χ4n) is 7.70. The van der Waals surface area contributed by atoms with Gasteiger partial charge < -0.3 is 0 Å². The molecule has 0 fully saturated rings. The lowest BCUT2D eigenvalue weighted by Crippen LogP contribution is -1.89. The highest BCUT2D eigenvalue weighted by Gasteiger charge is 2.19. The third-order valence-corrected chi connectivity index (χ3v) is 14.3. The van der Waals surface area contributed by atoms with Crippen LogP contribution < -0.4 is 0 Å². The number of hydrogen-bond donors (Lipinski definition) is 0. The predicted octanol–water partition coefficient (Wildman–Crippen LogP) is 16.2. The minimum Gasteiger partial charge on any atom is -0.144 e. The van der Waals surface area contributed by atoms with Gasteiger partial charge in [-0.2, -0.15) is 0 Å². The number of rotatable bonds is 18. The van der Waals surface area contributed by atoms with Crippen LogP contribution in [0.2, 0.25) is 0 Å². The Bertz CT molecular complexity index is 1900. The predicted molar refractivity (Wildman–Crippen MR) is 216 cm³/mol. The lowest BCUT2D eigenvalue weighted by Gasteiger charge is -2.07. The summed E-state index contributed by atoms with van der Waals surface area (Å²) in [5, 5.41) is 13.6. The van der Waals surface area contributed by atoms with Crippen LogP contribution in [0, 0.1) is 0 Å².